The number of anilines is 2. The minimum atomic E-state index is -3.94. The van der Waals surface area contributed by atoms with Crippen LogP contribution in [0.15, 0.2) is 53.4 Å². The van der Waals surface area contributed by atoms with Crippen LogP contribution in [0.2, 0.25) is 5.15 Å². The fourth-order valence-electron chi connectivity index (χ4n) is 2.22. The van der Waals surface area contributed by atoms with Gasteiger partial charge in [-0.2, -0.15) is 0 Å². The number of hydrogen-bond donors (Lipinski definition) is 5. The van der Waals surface area contributed by atoms with Gasteiger partial charge < -0.3 is 20.6 Å². The highest BCUT2D eigenvalue weighted by molar-refractivity contribution is 7.92. The summed E-state index contributed by atoms with van der Waals surface area (Å²) in [5.41, 5.74) is 0.143. The summed E-state index contributed by atoms with van der Waals surface area (Å²) >= 11 is 5.60. The fraction of sp³-hybridized carbons (Fsp3) is 0. The third-order valence-corrected chi connectivity index (χ3v) is 5.20. The molecule has 0 spiro atoms. The van der Waals surface area contributed by atoms with Crippen LogP contribution >= 0.6 is 11.6 Å². The van der Waals surface area contributed by atoms with Crippen molar-refractivity contribution in [1.82, 2.24) is 10.2 Å². The molecule has 0 atom stereocenters. The number of aromatic hydroxyl groups is 3. The van der Waals surface area contributed by atoms with Gasteiger partial charge in [-0.1, -0.05) is 11.6 Å². The molecule has 12 heteroatoms. The number of amides is 1. The van der Waals surface area contributed by atoms with E-state index in [1.165, 1.54) is 36.4 Å². The van der Waals surface area contributed by atoms with Crippen molar-refractivity contribution < 1.29 is 28.5 Å². The van der Waals surface area contributed by atoms with Gasteiger partial charge in [0.05, 0.1) is 4.90 Å². The zero-order valence-corrected chi connectivity index (χ0v) is 15.9. The quantitative estimate of drug-likeness (QED) is 0.380. The second kappa shape index (κ2) is 7.81. The third-order valence-electron chi connectivity index (χ3n) is 3.63. The average Bonchev–Trinajstić information content (AvgIpc) is 2.67. The Morgan fingerprint density at radius 1 is 0.931 bits per heavy atom. The molecule has 3 aromatic rings. The number of nitrogens with zero attached hydrogens (tertiary/aromatic N) is 2. The smallest absolute Gasteiger partial charge is 0.263 e. The lowest BCUT2D eigenvalue weighted by Crippen LogP contribution is -2.15. The van der Waals surface area contributed by atoms with Crippen molar-refractivity contribution in [1.29, 1.82) is 0 Å². The first-order valence-corrected chi connectivity index (χ1v) is 9.70. The number of benzene rings is 2. The van der Waals surface area contributed by atoms with Crippen LogP contribution in [0.25, 0.3) is 0 Å². The van der Waals surface area contributed by atoms with Crippen molar-refractivity contribution in [3.63, 3.8) is 0 Å². The predicted octanol–water partition coefficient (Wildman–Crippen LogP) is 2.30. The molecule has 0 aliphatic rings. The van der Waals surface area contributed by atoms with Crippen LogP contribution in [0.5, 0.6) is 17.2 Å². The maximum absolute atomic E-state index is 12.4. The van der Waals surface area contributed by atoms with Gasteiger partial charge in [0.1, 0.15) is 0 Å². The molecule has 1 amide bonds. The molecule has 0 fully saturated rings. The molecule has 0 aliphatic carbocycles. The van der Waals surface area contributed by atoms with Crippen molar-refractivity contribution in [2.75, 3.05) is 10.0 Å². The molecular formula is C17H13ClN4O6S. The van der Waals surface area contributed by atoms with Crippen LogP contribution in [0.3, 0.4) is 0 Å². The number of halogens is 1. The summed E-state index contributed by atoms with van der Waals surface area (Å²) in [4.78, 5) is 12.1. The standard InChI is InChI=1S/C17H13ClN4O6S/c18-14-5-6-15(21-20-14)22-29(27,28)11-3-1-10(2-4-11)19-17(26)9-7-12(23)16(25)13(24)8-9/h1-8,23-25H,(H,19,26)(H,21,22). The molecule has 1 heterocycles. The molecule has 0 bridgehead atoms. The number of aromatic nitrogens is 2. The lowest BCUT2D eigenvalue weighted by atomic mass is 10.1. The van der Waals surface area contributed by atoms with Crippen LogP contribution in [0, 0.1) is 0 Å². The zero-order valence-electron chi connectivity index (χ0n) is 14.4. The van der Waals surface area contributed by atoms with E-state index in [1.807, 2.05) is 0 Å². The van der Waals surface area contributed by atoms with Crippen molar-refractivity contribution in [3.05, 3.63) is 59.2 Å². The molecule has 0 aliphatic heterocycles. The molecule has 0 saturated carbocycles. The number of carbonyl (C=O) groups is 1. The molecule has 0 radical (unpaired) electrons. The van der Waals surface area contributed by atoms with Crippen molar-refractivity contribution in [3.8, 4) is 17.2 Å². The Labute approximate surface area is 169 Å². The van der Waals surface area contributed by atoms with Crippen molar-refractivity contribution >= 4 is 39.0 Å². The fourth-order valence-corrected chi connectivity index (χ4v) is 3.32. The van der Waals surface area contributed by atoms with Crippen molar-refractivity contribution in [2.24, 2.45) is 0 Å². The molecule has 3 rings (SSSR count). The Bertz CT molecular complexity index is 1140. The van der Waals surface area contributed by atoms with E-state index in [9.17, 15) is 28.5 Å². The monoisotopic (exact) mass is 436 g/mol. The molecule has 29 heavy (non-hydrogen) atoms. The van der Waals surface area contributed by atoms with Gasteiger partial charge >= 0.3 is 0 Å². The maximum atomic E-state index is 12.4. The molecule has 10 nitrogen and oxygen atoms in total. The number of rotatable bonds is 5. The zero-order chi connectivity index (χ0) is 21.2. The van der Waals surface area contributed by atoms with Crippen molar-refractivity contribution in [2.45, 2.75) is 4.90 Å². The third kappa shape index (κ3) is 4.65. The highest BCUT2D eigenvalue weighted by Gasteiger charge is 2.17. The van der Waals surface area contributed by atoms with Crippen LogP contribution in [-0.4, -0.2) is 39.8 Å². The molecule has 150 valence electrons. The van der Waals surface area contributed by atoms with E-state index in [1.54, 1.807) is 0 Å². The molecule has 0 saturated heterocycles. The van der Waals surface area contributed by atoms with E-state index >= 15 is 0 Å². The first-order chi connectivity index (χ1) is 13.7. The number of phenols is 3. The summed E-state index contributed by atoms with van der Waals surface area (Å²) < 4.78 is 27.0. The summed E-state index contributed by atoms with van der Waals surface area (Å²) in [5, 5.41) is 38.0. The lowest BCUT2D eigenvalue weighted by Gasteiger charge is -2.09. The van der Waals surface area contributed by atoms with Gasteiger partial charge in [0, 0.05) is 11.3 Å². The Morgan fingerprint density at radius 3 is 2.10 bits per heavy atom. The first kappa shape index (κ1) is 20.2. The highest BCUT2D eigenvalue weighted by atomic mass is 35.5. The first-order valence-electron chi connectivity index (χ1n) is 7.84. The van der Waals surface area contributed by atoms with Crippen LogP contribution in [0.1, 0.15) is 10.4 Å². The Balaban J connectivity index is 1.74. The molecule has 5 N–H and O–H groups in total. The Hall–Kier alpha value is -3.57. The van der Waals surface area contributed by atoms with Gasteiger partial charge in [0.2, 0.25) is 0 Å². The maximum Gasteiger partial charge on any atom is 0.263 e. The summed E-state index contributed by atoms with van der Waals surface area (Å²) in [6.07, 6.45) is 0. The topological polar surface area (TPSA) is 162 Å². The highest BCUT2D eigenvalue weighted by Crippen LogP contribution is 2.35. The van der Waals surface area contributed by atoms with E-state index in [2.05, 4.69) is 20.2 Å². The van der Waals surface area contributed by atoms with E-state index in [4.69, 9.17) is 11.6 Å². The largest absolute Gasteiger partial charge is 0.504 e. The summed E-state index contributed by atoms with van der Waals surface area (Å²) in [7, 11) is -3.94. The molecular weight excluding hydrogens is 424 g/mol. The number of hydrogen-bond acceptors (Lipinski definition) is 8. The van der Waals surface area contributed by atoms with E-state index in [-0.39, 0.29) is 27.1 Å². The van der Waals surface area contributed by atoms with Crippen LogP contribution < -0.4 is 10.0 Å². The van der Waals surface area contributed by atoms with Crippen LogP contribution in [0.4, 0.5) is 11.5 Å². The van der Waals surface area contributed by atoms with Gasteiger partial charge in [-0.25, -0.2) is 8.42 Å². The molecule has 0 unspecified atom stereocenters. The number of nitrogens with one attached hydrogen (secondary N) is 2. The van der Waals surface area contributed by atoms with E-state index in [0.29, 0.717) is 0 Å². The number of carbonyl (C=O) groups excluding carboxylic acids is 1. The minimum absolute atomic E-state index is 0.0151. The Morgan fingerprint density at radius 2 is 1.55 bits per heavy atom. The number of sulfonamides is 1. The summed E-state index contributed by atoms with van der Waals surface area (Å²) in [6, 6.07) is 9.88. The van der Waals surface area contributed by atoms with Gasteiger partial charge in [0.15, 0.2) is 28.2 Å². The normalized spacial score (nSPS) is 11.1. The van der Waals surface area contributed by atoms with Gasteiger partial charge in [-0.15, -0.1) is 10.2 Å². The molecule has 1 aromatic heterocycles. The average molecular weight is 437 g/mol. The predicted molar refractivity (Wildman–Crippen MR) is 104 cm³/mol. The summed E-state index contributed by atoms with van der Waals surface area (Å²) in [6.45, 7) is 0. The van der Waals surface area contributed by atoms with Gasteiger partial charge in [0.25, 0.3) is 15.9 Å². The second-order valence-electron chi connectivity index (χ2n) is 5.69. The van der Waals surface area contributed by atoms with E-state index in [0.717, 1.165) is 12.1 Å². The Kier molecular flexibility index (Phi) is 5.43. The van der Waals surface area contributed by atoms with Crippen LogP contribution in [-0.2, 0) is 10.0 Å². The lowest BCUT2D eigenvalue weighted by molar-refractivity contribution is 0.102. The van der Waals surface area contributed by atoms with Gasteiger partial charge in [-0.05, 0) is 48.5 Å². The molecule has 2 aromatic carbocycles. The summed E-state index contributed by atoms with van der Waals surface area (Å²) in [5.74, 6) is -2.77. The van der Waals surface area contributed by atoms with E-state index < -0.39 is 33.2 Å². The second-order valence-corrected chi connectivity index (χ2v) is 7.76. The van der Waals surface area contributed by atoms with Gasteiger partial charge in [-0.3, -0.25) is 9.52 Å². The number of phenolic OH excluding ortho intramolecular Hbond substituents is 3. The minimum Gasteiger partial charge on any atom is -0.504 e. The SMILES string of the molecule is O=C(Nc1ccc(S(=O)(=O)Nc2ccc(Cl)nn2)cc1)c1cc(O)c(O)c(O)c1.